The number of hydrogen-bond donors (Lipinski definition) is 4. The summed E-state index contributed by atoms with van der Waals surface area (Å²) < 4.78 is 0. The van der Waals surface area contributed by atoms with Gasteiger partial charge in [0.25, 0.3) is 0 Å². The molecule has 4 N–H and O–H groups in total. The van der Waals surface area contributed by atoms with Gasteiger partial charge < -0.3 is 20.8 Å². The Labute approximate surface area is 81.1 Å². The fourth-order valence-corrected chi connectivity index (χ4v) is 0.351. The van der Waals surface area contributed by atoms with E-state index in [-0.39, 0.29) is 19.0 Å². The Morgan fingerprint density at radius 3 is 1.57 bits per heavy atom. The summed E-state index contributed by atoms with van der Waals surface area (Å²) in [7, 11) is 1.59. The second kappa shape index (κ2) is 9.46. The van der Waals surface area contributed by atoms with Gasteiger partial charge in [0, 0.05) is 6.92 Å². The summed E-state index contributed by atoms with van der Waals surface area (Å²) in [6.45, 7) is 1.01. The predicted molar refractivity (Wildman–Crippen MR) is 47.9 cm³/mol. The van der Waals surface area contributed by atoms with Crippen LogP contribution in [0.15, 0.2) is 0 Å². The van der Waals surface area contributed by atoms with Crippen LogP contribution in [-0.4, -0.2) is 48.2 Å². The van der Waals surface area contributed by atoms with Crippen molar-refractivity contribution in [3.05, 3.63) is 0 Å². The molecule has 82 valence electrons. The molecule has 0 aromatic rings. The second-order valence-electron chi connectivity index (χ2n) is 2.23. The Kier molecular flexibility index (Phi) is 10.0. The summed E-state index contributed by atoms with van der Waals surface area (Å²) in [5.41, 5.74) is 0. The molecule has 0 heterocycles. The Hall–Kier alpha value is -1.63. The van der Waals surface area contributed by atoms with E-state index >= 15 is 0 Å². The van der Waals surface area contributed by atoms with Crippen molar-refractivity contribution in [3.63, 3.8) is 0 Å². The lowest BCUT2D eigenvalue weighted by atomic mass is 10.6. The van der Waals surface area contributed by atoms with Gasteiger partial charge in [-0.1, -0.05) is 0 Å². The largest absolute Gasteiger partial charge is 0.480 e. The quantitative estimate of drug-likeness (QED) is 0.445. The summed E-state index contributed by atoms with van der Waals surface area (Å²) in [6, 6.07) is 0. The molecule has 0 aliphatic heterocycles. The minimum Gasteiger partial charge on any atom is -0.480 e. The Balaban J connectivity index is 0. The van der Waals surface area contributed by atoms with Crippen molar-refractivity contribution in [2.75, 3.05) is 20.1 Å². The minimum atomic E-state index is -1.03. The van der Waals surface area contributed by atoms with Crippen LogP contribution in [0.1, 0.15) is 6.92 Å². The van der Waals surface area contributed by atoms with Gasteiger partial charge in [0.2, 0.25) is 5.91 Å². The number of carboxylic acid groups (broad SMARTS) is 2. The molecule has 0 atom stereocenters. The number of carboxylic acids is 2. The molecular formula is C7H14N2O5. The van der Waals surface area contributed by atoms with E-state index in [0.29, 0.717) is 0 Å². The van der Waals surface area contributed by atoms with E-state index < -0.39 is 11.9 Å². The molecule has 0 bridgehead atoms. The van der Waals surface area contributed by atoms with E-state index in [4.69, 9.17) is 10.2 Å². The summed E-state index contributed by atoms with van der Waals surface area (Å²) >= 11 is 0. The van der Waals surface area contributed by atoms with Crippen LogP contribution in [0.2, 0.25) is 0 Å². The zero-order valence-electron chi connectivity index (χ0n) is 8.03. The zero-order chi connectivity index (χ0) is 11.6. The molecule has 0 unspecified atom stereocenters. The van der Waals surface area contributed by atoms with Gasteiger partial charge in [0.15, 0.2) is 0 Å². The molecule has 0 saturated heterocycles. The van der Waals surface area contributed by atoms with E-state index in [2.05, 4.69) is 10.6 Å². The van der Waals surface area contributed by atoms with E-state index in [1.807, 2.05) is 0 Å². The van der Waals surface area contributed by atoms with Gasteiger partial charge in [-0.2, -0.15) is 0 Å². The van der Waals surface area contributed by atoms with Crippen LogP contribution in [0, 0.1) is 0 Å². The van der Waals surface area contributed by atoms with Crippen LogP contribution in [0.25, 0.3) is 0 Å². The van der Waals surface area contributed by atoms with Crippen LogP contribution in [0.5, 0.6) is 0 Å². The zero-order valence-corrected chi connectivity index (χ0v) is 8.03. The molecule has 0 fully saturated rings. The highest BCUT2D eigenvalue weighted by atomic mass is 16.4. The van der Waals surface area contributed by atoms with Crippen LogP contribution in [0.4, 0.5) is 0 Å². The highest BCUT2D eigenvalue weighted by Gasteiger charge is 1.94. The molecule has 0 aromatic carbocycles. The third kappa shape index (κ3) is 22.4. The van der Waals surface area contributed by atoms with Gasteiger partial charge in [-0.15, -0.1) is 0 Å². The fraction of sp³-hybridized carbons (Fsp3) is 0.571. The normalized spacial score (nSPS) is 8.14. The topological polar surface area (TPSA) is 116 Å². The fourth-order valence-electron chi connectivity index (χ4n) is 0.351. The summed E-state index contributed by atoms with van der Waals surface area (Å²) in [6.07, 6.45) is 0. The Morgan fingerprint density at radius 2 is 1.50 bits per heavy atom. The molecule has 7 heteroatoms. The lowest BCUT2D eigenvalue weighted by Crippen LogP contribution is -2.26. The lowest BCUT2D eigenvalue weighted by Gasteiger charge is -1.92. The highest BCUT2D eigenvalue weighted by Crippen LogP contribution is 1.60. The Morgan fingerprint density at radius 1 is 1.07 bits per heavy atom. The third-order valence-corrected chi connectivity index (χ3v) is 0.817. The molecule has 0 aliphatic carbocycles. The van der Waals surface area contributed by atoms with Crippen molar-refractivity contribution < 1.29 is 24.6 Å². The standard InChI is InChI=1S/C4H7NO3.C3H7NO2/c1-3(6)5-2-4(7)8;1-4-2-3(5)6/h2H2,1H3,(H,5,6)(H,7,8);4H,2H2,1H3,(H,5,6). The lowest BCUT2D eigenvalue weighted by molar-refractivity contribution is -0.137. The van der Waals surface area contributed by atoms with Crippen molar-refractivity contribution in [2.24, 2.45) is 0 Å². The van der Waals surface area contributed by atoms with Gasteiger partial charge >= 0.3 is 11.9 Å². The molecule has 0 aliphatic rings. The number of hydrogen-bond acceptors (Lipinski definition) is 4. The van der Waals surface area contributed by atoms with E-state index in [1.165, 1.54) is 6.92 Å². The second-order valence-corrected chi connectivity index (χ2v) is 2.23. The third-order valence-electron chi connectivity index (χ3n) is 0.817. The molecule has 0 rings (SSSR count). The first-order chi connectivity index (χ1) is 6.40. The molecule has 14 heavy (non-hydrogen) atoms. The van der Waals surface area contributed by atoms with Crippen LogP contribution in [-0.2, 0) is 14.4 Å². The van der Waals surface area contributed by atoms with E-state index in [9.17, 15) is 14.4 Å². The average molecular weight is 206 g/mol. The van der Waals surface area contributed by atoms with Crippen molar-refractivity contribution >= 4 is 17.8 Å². The average Bonchev–Trinajstić information content (AvgIpc) is 2.01. The number of amides is 1. The number of nitrogens with one attached hydrogen (secondary N) is 2. The first-order valence-electron chi connectivity index (χ1n) is 3.72. The number of carbonyl (C=O) groups is 3. The van der Waals surface area contributed by atoms with Gasteiger partial charge in [-0.05, 0) is 7.05 Å². The van der Waals surface area contributed by atoms with E-state index in [0.717, 1.165) is 0 Å². The SMILES string of the molecule is CC(=O)NCC(=O)O.CNCC(=O)O. The van der Waals surface area contributed by atoms with Crippen LogP contribution >= 0.6 is 0 Å². The predicted octanol–water partition coefficient (Wildman–Crippen LogP) is -1.50. The number of likely N-dealkylation sites (N-methyl/N-ethyl adjacent to an activating group) is 1. The van der Waals surface area contributed by atoms with Crippen LogP contribution < -0.4 is 10.6 Å². The first kappa shape index (κ1) is 14.9. The maximum absolute atomic E-state index is 9.97. The van der Waals surface area contributed by atoms with Crippen molar-refractivity contribution in [3.8, 4) is 0 Å². The molecule has 0 saturated carbocycles. The molecule has 0 radical (unpaired) electrons. The maximum atomic E-state index is 9.97. The van der Waals surface area contributed by atoms with Crippen molar-refractivity contribution in [1.82, 2.24) is 10.6 Å². The molecule has 7 nitrogen and oxygen atoms in total. The summed E-state index contributed by atoms with van der Waals surface area (Å²) in [4.78, 5) is 29.2. The highest BCUT2D eigenvalue weighted by molar-refractivity contribution is 5.79. The van der Waals surface area contributed by atoms with Gasteiger partial charge in [0.1, 0.15) is 6.54 Å². The minimum absolute atomic E-state index is 0.0417. The molecule has 0 spiro atoms. The van der Waals surface area contributed by atoms with Gasteiger partial charge in [-0.3, -0.25) is 14.4 Å². The van der Waals surface area contributed by atoms with Crippen molar-refractivity contribution in [2.45, 2.75) is 6.92 Å². The van der Waals surface area contributed by atoms with Crippen LogP contribution in [0.3, 0.4) is 0 Å². The first-order valence-corrected chi connectivity index (χ1v) is 3.72. The molecule has 0 aromatic heterocycles. The monoisotopic (exact) mass is 206 g/mol. The number of carbonyl (C=O) groups excluding carboxylic acids is 1. The number of aliphatic carboxylic acids is 2. The molecular weight excluding hydrogens is 192 g/mol. The summed E-state index contributed by atoms with van der Waals surface area (Å²) in [5, 5.41) is 20.4. The summed E-state index contributed by atoms with van der Waals surface area (Å²) in [5.74, 6) is -2.18. The Bertz CT molecular complexity index is 190. The smallest absolute Gasteiger partial charge is 0.322 e. The molecule has 1 amide bonds. The van der Waals surface area contributed by atoms with Crippen molar-refractivity contribution in [1.29, 1.82) is 0 Å². The maximum Gasteiger partial charge on any atom is 0.322 e. The van der Waals surface area contributed by atoms with Gasteiger partial charge in [0.05, 0.1) is 6.54 Å². The van der Waals surface area contributed by atoms with E-state index in [1.54, 1.807) is 7.05 Å². The number of rotatable bonds is 4. The van der Waals surface area contributed by atoms with Gasteiger partial charge in [-0.25, -0.2) is 0 Å².